The van der Waals surface area contributed by atoms with Crippen molar-refractivity contribution in [1.82, 2.24) is 0 Å². The Morgan fingerprint density at radius 1 is 1.14 bits per heavy atom. The number of aliphatic hydroxyl groups excluding tert-OH is 1. The van der Waals surface area contributed by atoms with Crippen LogP contribution in [0.3, 0.4) is 0 Å². The fourth-order valence-corrected chi connectivity index (χ4v) is 2.02. The number of benzene rings is 2. The summed E-state index contributed by atoms with van der Waals surface area (Å²) in [5.74, 6) is 1.51. The molecule has 1 unspecified atom stereocenters. The fourth-order valence-electron chi connectivity index (χ4n) is 1.75. The van der Waals surface area contributed by atoms with Crippen LogP contribution in [0, 0.1) is 0 Å². The zero-order valence-corrected chi connectivity index (χ0v) is 13.3. The van der Waals surface area contributed by atoms with Gasteiger partial charge in [0.15, 0.2) is 0 Å². The Bertz CT molecular complexity index is 560. The van der Waals surface area contributed by atoms with E-state index < -0.39 is 6.10 Å². The molecule has 21 heavy (non-hydrogen) atoms. The molecule has 112 valence electrons. The third kappa shape index (κ3) is 5.28. The normalized spacial score (nSPS) is 11.8. The minimum atomic E-state index is -0.597. The third-order valence-corrected chi connectivity index (χ3v) is 3.40. The largest absolute Gasteiger partial charge is 0.497 e. The van der Waals surface area contributed by atoms with E-state index in [9.17, 15) is 5.11 Å². The maximum Gasteiger partial charge on any atom is 0.120 e. The summed E-state index contributed by atoms with van der Waals surface area (Å²) in [6.45, 7) is 0.641. The number of hydrogen-bond donors (Lipinski definition) is 2. The molecular weight excluding hydrogens is 334 g/mol. The molecule has 2 rings (SSSR count). The second-order valence-corrected chi connectivity index (χ2v) is 5.45. The molecule has 2 N–H and O–H groups in total. The molecule has 0 spiro atoms. The first kappa shape index (κ1) is 15.7. The van der Waals surface area contributed by atoms with E-state index in [1.54, 1.807) is 7.11 Å². The zero-order chi connectivity index (χ0) is 15.1. The Hall–Kier alpha value is -1.72. The van der Waals surface area contributed by atoms with Gasteiger partial charge < -0.3 is 19.9 Å². The van der Waals surface area contributed by atoms with E-state index in [0.717, 1.165) is 21.7 Å². The van der Waals surface area contributed by atoms with Gasteiger partial charge in [0.25, 0.3) is 0 Å². The number of ether oxygens (including phenoxy) is 2. The smallest absolute Gasteiger partial charge is 0.120 e. The maximum atomic E-state index is 9.92. The van der Waals surface area contributed by atoms with Crippen molar-refractivity contribution in [2.24, 2.45) is 0 Å². The van der Waals surface area contributed by atoms with Crippen LogP contribution in [0.25, 0.3) is 0 Å². The molecule has 0 aromatic heterocycles. The predicted octanol–water partition coefficient (Wildman–Crippen LogP) is 3.31. The number of rotatable bonds is 7. The van der Waals surface area contributed by atoms with Crippen molar-refractivity contribution in [1.29, 1.82) is 0 Å². The average Bonchev–Trinajstić information content (AvgIpc) is 2.52. The highest BCUT2D eigenvalue weighted by molar-refractivity contribution is 9.10. The molecular formula is C16H18BrNO3. The summed E-state index contributed by atoms with van der Waals surface area (Å²) in [6, 6.07) is 15.1. The van der Waals surface area contributed by atoms with Gasteiger partial charge in [0.2, 0.25) is 0 Å². The number of hydrogen-bond acceptors (Lipinski definition) is 4. The first-order chi connectivity index (χ1) is 10.2. The van der Waals surface area contributed by atoms with Crippen LogP contribution in [-0.2, 0) is 0 Å². The highest BCUT2D eigenvalue weighted by atomic mass is 79.9. The quantitative estimate of drug-likeness (QED) is 0.803. The molecule has 5 heteroatoms. The molecule has 2 aromatic rings. The van der Waals surface area contributed by atoms with Gasteiger partial charge in [0.05, 0.1) is 7.11 Å². The number of halogens is 1. The van der Waals surface area contributed by atoms with E-state index in [1.165, 1.54) is 0 Å². The van der Waals surface area contributed by atoms with E-state index in [0.29, 0.717) is 6.54 Å². The molecule has 0 aliphatic carbocycles. The predicted molar refractivity (Wildman–Crippen MR) is 87.1 cm³/mol. The highest BCUT2D eigenvalue weighted by Crippen LogP contribution is 2.17. The Balaban J connectivity index is 1.76. The Morgan fingerprint density at radius 3 is 2.62 bits per heavy atom. The average molecular weight is 352 g/mol. The van der Waals surface area contributed by atoms with Crippen molar-refractivity contribution in [2.45, 2.75) is 6.10 Å². The Kier molecular flexibility index (Phi) is 5.90. The molecule has 0 heterocycles. The lowest BCUT2D eigenvalue weighted by Crippen LogP contribution is -2.26. The minimum Gasteiger partial charge on any atom is -0.497 e. The van der Waals surface area contributed by atoms with Gasteiger partial charge in [-0.2, -0.15) is 0 Å². The van der Waals surface area contributed by atoms with E-state index in [4.69, 9.17) is 9.47 Å². The second-order valence-electron chi connectivity index (χ2n) is 4.53. The van der Waals surface area contributed by atoms with Crippen LogP contribution in [0.5, 0.6) is 11.5 Å². The van der Waals surface area contributed by atoms with Crippen molar-refractivity contribution in [3.8, 4) is 11.5 Å². The molecule has 0 amide bonds. The summed E-state index contributed by atoms with van der Waals surface area (Å²) in [4.78, 5) is 0. The molecule has 0 radical (unpaired) electrons. The molecule has 2 aromatic carbocycles. The summed E-state index contributed by atoms with van der Waals surface area (Å²) in [6.07, 6.45) is -0.597. The van der Waals surface area contributed by atoms with Gasteiger partial charge in [-0.05, 0) is 36.4 Å². The SMILES string of the molecule is COc1cccc(NCC(O)COc2ccc(Br)cc2)c1. The summed E-state index contributed by atoms with van der Waals surface area (Å²) in [5, 5.41) is 13.1. The minimum absolute atomic E-state index is 0.235. The Labute approximate surface area is 132 Å². The lowest BCUT2D eigenvalue weighted by Gasteiger charge is -2.14. The van der Waals surface area contributed by atoms with Gasteiger partial charge >= 0.3 is 0 Å². The Morgan fingerprint density at radius 2 is 1.90 bits per heavy atom. The summed E-state index contributed by atoms with van der Waals surface area (Å²) < 4.78 is 11.7. The summed E-state index contributed by atoms with van der Waals surface area (Å²) in [5.41, 5.74) is 0.900. The lowest BCUT2D eigenvalue weighted by molar-refractivity contribution is 0.117. The van der Waals surface area contributed by atoms with Crippen molar-refractivity contribution < 1.29 is 14.6 Å². The van der Waals surface area contributed by atoms with Crippen LogP contribution in [0.2, 0.25) is 0 Å². The van der Waals surface area contributed by atoms with Crippen molar-refractivity contribution in [2.75, 3.05) is 25.6 Å². The maximum absolute atomic E-state index is 9.92. The zero-order valence-electron chi connectivity index (χ0n) is 11.8. The van der Waals surface area contributed by atoms with Gasteiger partial charge in [-0.3, -0.25) is 0 Å². The van der Waals surface area contributed by atoms with Gasteiger partial charge in [-0.15, -0.1) is 0 Å². The van der Waals surface area contributed by atoms with E-state index >= 15 is 0 Å². The first-order valence-corrected chi connectivity index (χ1v) is 7.41. The molecule has 0 bridgehead atoms. The van der Waals surface area contributed by atoms with E-state index in [1.807, 2.05) is 48.5 Å². The molecule has 0 aliphatic rings. The van der Waals surface area contributed by atoms with E-state index in [2.05, 4.69) is 21.2 Å². The first-order valence-electron chi connectivity index (χ1n) is 6.62. The molecule has 0 saturated carbocycles. The molecule has 4 nitrogen and oxygen atoms in total. The fraction of sp³-hybridized carbons (Fsp3) is 0.250. The summed E-state index contributed by atoms with van der Waals surface area (Å²) >= 11 is 3.36. The van der Waals surface area contributed by atoms with Crippen LogP contribution < -0.4 is 14.8 Å². The number of methoxy groups -OCH3 is 1. The monoisotopic (exact) mass is 351 g/mol. The number of nitrogens with one attached hydrogen (secondary N) is 1. The van der Waals surface area contributed by atoms with Gasteiger partial charge in [0, 0.05) is 22.8 Å². The van der Waals surface area contributed by atoms with Crippen molar-refractivity contribution in [3.63, 3.8) is 0 Å². The standard InChI is InChI=1S/C16H18BrNO3/c1-20-16-4-2-3-13(9-16)18-10-14(19)11-21-15-7-5-12(17)6-8-15/h2-9,14,18-19H,10-11H2,1H3. The lowest BCUT2D eigenvalue weighted by atomic mass is 10.3. The van der Waals surface area contributed by atoms with Crippen molar-refractivity contribution in [3.05, 3.63) is 53.0 Å². The van der Waals surface area contributed by atoms with Crippen LogP contribution in [0.4, 0.5) is 5.69 Å². The molecule has 1 atom stereocenters. The van der Waals surface area contributed by atoms with Gasteiger partial charge in [0.1, 0.15) is 24.2 Å². The highest BCUT2D eigenvalue weighted by Gasteiger charge is 2.05. The van der Waals surface area contributed by atoms with Crippen LogP contribution >= 0.6 is 15.9 Å². The van der Waals surface area contributed by atoms with Gasteiger partial charge in [-0.1, -0.05) is 22.0 Å². The number of aliphatic hydroxyl groups is 1. The van der Waals surface area contributed by atoms with Crippen LogP contribution in [0.1, 0.15) is 0 Å². The van der Waals surface area contributed by atoms with Crippen molar-refractivity contribution >= 4 is 21.6 Å². The van der Waals surface area contributed by atoms with Crippen LogP contribution in [0.15, 0.2) is 53.0 Å². The number of anilines is 1. The van der Waals surface area contributed by atoms with Gasteiger partial charge in [-0.25, -0.2) is 0 Å². The molecule has 0 aliphatic heterocycles. The third-order valence-electron chi connectivity index (χ3n) is 2.87. The molecule has 0 saturated heterocycles. The molecule has 0 fully saturated rings. The topological polar surface area (TPSA) is 50.7 Å². The van der Waals surface area contributed by atoms with E-state index in [-0.39, 0.29) is 6.61 Å². The second kappa shape index (κ2) is 7.90. The summed E-state index contributed by atoms with van der Waals surface area (Å²) in [7, 11) is 1.63. The van der Waals surface area contributed by atoms with Crippen LogP contribution in [-0.4, -0.2) is 31.5 Å².